The summed E-state index contributed by atoms with van der Waals surface area (Å²) in [7, 11) is 5.16. The molecule has 224 valence electrons. The Kier molecular flexibility index (Phi) is 6.70. The van der Waals surface area contributed by atoms with Crippen LogP contribution >= 0.6 is 0 Å². The van der Waals surface area contributed by atoms with E-state index in [1.165, 1.54) is 11.0 Å². The Labute approximate surface area is 248 Å². The van der Waals surface area contributed by atoms with Gasteiger partial charge in [-0.05, 0) is 74.2 Å². The largest absolute Gasteiger partial charge is 0.508 e. The van der Waals surface area contributed by atoms with Crippen LogP contribution in [0, 0.1) is 11.8 Å². The first kappa shape index (κ1) is 28.6. The highest BCUT2D eigenvalue weighted by atomic mass is 16.3. The molecular formula is C32H34N4O7. The molecule has 1 aliphatic heterocycles. The van der Waals surface area contributed by atoms with Crippen molar-refractivity contribution in [2.24, 2.45) is 22.6 Å². The highest BCUT2D eigenvalue weighted by Crippen LogP contribution is 2.53. The number of hydrogen-bond donors (Lipinski definition) is 5. The highest BCUT2D eigenvalue weighted by Gasteiger charge is 2.64. The number of phenolic OH excluding ortho intramolecular Hbond substituents is 1. The van der Waals surface area contributed by atoms with Crippen molar-refractivity contribution in [3.63, 3.8) is 0 Å². The molecule has 2 aromatic carbocycles. The molecule has 0 aromatic heterocycles. The van der Waals surface area contributed by atoms with Crippen molar-refractivity contribution in [3.05, 3.63) is 64.4 Å². The molecule has 0 spiro atoms. The molecule has 2 fully saturated rings. The molecule has 2 aromatic rings. The quantitative estimate of drug-likeness (QED) is 0.337. The van der Waals surface area contributed by atoms with Gasteiger partial charge in [-0.1, -0.05) is 18.2 Å². The second-order valence-corrected chi connectivity index (χ2v) is 12.0. The molecule has 0 radical (unpaired) electrons. The number of amidine groups is 1. The van der Waals surface area contributed by atoms with Crippen LogP contribution in [-0.2, 0) is 20.8 Å². The van der Waals surface area contributed by atoms with Gasteiger partial charge in [0.25, 0.3) is 5.91 Å². The Balaban J connectivity index is 1.46. The topological polar surface area (TPSA) is 177 Å². The van der Waals surface area contributed by atoms with Crippen LogP contribution in [0.5, 0.6) is 5.75 Å². The zero-order valence-electron chi connectivity index (χ0n) is 24.2. The van der Waals surface area contributed by atoms with Crippen molar-refractivity contribution >= 4 is 34.8 Å². The maximum Gasteiger partial charge on any atom is 0.255 e. The Morgan fingerprint density at radius 3 is 2.40 bits per heavy atom. The number of ketones is 2. The molecule has 4 atom stereocenters. The van der Waals surface area contributed by atoms with E-state index in [4.69, 9.17) is 10.7 Å². The fraction of sp³-hybridized carbons (Fsp3) is 0.375. The van der Waals surface area contributed by atoms with Gasteiger partial charge in [0.15, 0.2) is 11.4 Å². The highest BCUT2D eigenvalue weighted by molar-refractivity contribution is 6.24. The van der Waals surface area contributed by atoms with Gasteiger partial charge in [-0.2, -0.15) is 0 Å². The zero-order chi connectivity index (χ0) is 31.0. The predicted octanol–water partition coefficient (Wildman–Crippen LogP) is 2.39. The summed E-state index contributed by atoms with van der Waals surface area (Å²) >= 11 is 0. The van der Waals surface area contributed by atoms with E-state index in [1.54, 1.807) is 20.2 Å². The number of amides is 1. The summed E-state index contributed by atoms with van der Waals surface area (Å²) in [6.07, 6.45) is 2.24. The van der Waals surface area contributed by atoms with Crippen LogP contribution in [0.15, 0.2) is 58.3 Å². The molecule has 4 aliphatic rings. The minimum absolute atomic E-state index is 0.0325. The van der Waals surface area contributed by atoms with E-state index in [-0.39, 0.29) is 29.7 Å². The summed E-state index contributed by atoms with van der Waals surface area (Å²) in [5.41, 5.74) is 4.75. The number of aromatic hydroxyl groups is 1. The SMILES string of the molecule is CN1CCCC1=Nc1ccc(-c2ccc(O)c3c2C[C@H]2C[C@H]4[C@H](N(C)C)C(=O)C(C(N)=O)=C(O)[C@@]4(O)C(=O)C2=C3O)cc1. The number of likely N-dealkylation sites (tertiary alicyclic amines) is 1. The molecule has 1 amide bonds. The number of nitrogens with two attached hydrogens (primary N) is 1. The van der Waals surface area contributed by atoms with Crippen LogP contribution in [-0.4, -0.2) is 92.9 Å². The van der Waals surface area contributed by atoms with E-state index in [2.05, 4.69) is 4.90 Å². The minimum atomic E-state index is -2.66. The van der Waals surface area contributed by atoms with Gasteiger partial charge in [-0.15, -0.1) is 0 Å². The first-order chi connectivity index (χ1) is 20.4. The van der Waals surface area contributed by atoms with Gasteiger partial charge in [0, 0.05) is 31.5 Å². The summed E-state index contributed by atoms with van der Waals surface area (Å²) in [4.78, 5) is 47.8. The predicted molar refractivity (Wildman–Crippen MR) is 159 cm³/mol. The first-order valence-corrected chi connectivity index (χ1v) is 14.2. The normalized spacial score (nSPS) is 28.0. The number of fused-ring (bicyclic) bond motifs is 3. The molecule has 43 heavy (non-hydrogen) atoms. The van der Waals surface area contributed by atoms with E-state index in [9.17, 15) is 34.8 Å². The van der Waals surface area contributed by atoms with E-state index in [0.29, 0.717) is 5.56 Å². The van der Waals surface area contributed by atoms with Crippen LogP contribution in [0.2, 0.25) is 0 Å². The molecule has 1 heterocycles. The van der Waals surface area contributed by atoms with Crippen LogP contribution in [0.3, 0.4) is 0 Å². The maximum absolute atomic E-state index is 14.0. The number of rotatable bonds is 4. The lowest BCUT2D eigenvalue weighted by Gasteiger charge is -2.50. The molecule has 11 nitrogen and oxygen atoms in total. The number of benzene rings is 2. The van der Waals surface area contributed by atoms with Crippen molar-refractivity contribution in [1.82, 2.24) is 9.80 Å². The molecular weight excluding hydrogens is 552 g/mol. The number of phenols is 1. The Morgan fingerprint density at radius 2 is 1.79 bits per heavy atom. The van der Waals surface area contributed by atoms with Gasteiger partial charge >= 0.3 is 0 Å². The lowest BCUT2D eigenvalue weighted by molar-refractivity contribution is -0.153. The average molecular weight is 587 g/mol. The molecule has 0 unspecified atom stereocenters. The number of aliphatic imine (C=N–C) groups is 1. The van der Waals surface area contributed by atoms with Crippen LogP contribution in [0.1, 0.15) is 30.4 Å². The van der Waals surface area contributed by atoms with Gasteiger partial charge in [-0.25, -0.2) is 4.99 Å². The lowest BCUT2D eigenvalue weighted by Crippen LogP contribution is -2.65. The summed E-state index contributed by atoms with van der Waals surface area (Å²) in [5, 5.41) is 45.1. The Bertz CT molecular complexity index is 1670. The summed E-state index contributed by atoms with van der Waals surface area (Å²) < 4.78 is 0. The number of aliphatic hydroxyl groups excluding tert-OH is 2. The zero-order valence-corrected chi connectivity index (χ0v) is 24.2. The number of hydrogen-bond acceptors (Lipinski definition) is 9. The number of carbonyl (C=O) groups excluding carboxylic acids is 3. The lowest BCUT2D eigenvalue weighted by atomic mass is 9.57. The molecule has 0 bridgehead atoms. The third kappa shape index (κ3) is 4.17. The minimum Gasteiger partial charge on any atom is -0.508 e. The summed E-state index contributed by atoms with van der Waals surface area (Å²) in [6.45, 7) is 0.975. The van der Waals surface area contributed by atoms with E-state index >= 15 is 0 Å². The number of Topliss-reactive ketones (excluding diaryl/α,β-unsaturated/α-hetero) is 2. The number of nitrogens with zero attached hydrogens (tertiary/aromatic N) is 3. The first-order valence-electron chi connectivity index (χ1n) is 14.2. The maximum atomic E-state index is 14.0. The molecule has 1 saturated heterocycles. The van der Waals surface area contributed by atoms with Crippen LogP contribution in [0.4, 0.5) is 5.69 Å². The van der Waals surface area contributed by atoms with Crippen molar-refractivity contribution in [1.29, 1.82) is 0 Å². The Morgan fingerprint density at radius 1 is 1.09 bits per heavy atom. The van der Waals surface area contributed by atoms with E-state index < -0.39 is 58.0 Å². The third-order valence-corrected chi connectivity index (χ3v) is 9.38. The van der Waals surface area contributed by atoms with Gasteiger partial charge in [0.2, 0.25) is 5.78 Å². The summed E-state index contributed by atoms with van der Waals surface area (Å²) in [6, 6.07) is 9.69. The fourth-order valence-corrected chi connectivity index (χ4v) is 7.31. The van der Waals surface area contributed by atoms with Crippen LogP contribution < -0.4 is 5.73 Å². The van der Waals surface area contributed by atoms with Crippen molar-refractivity contribution in [2.45, 2.75) is 37.3 Å². The fourth-order valence-electron chi connectivity index (χ4n) is 7.31. The smallest absolute Gasteiger partial charge is 0.255 e. The van der Waals surface area contributed by atoms with Crippen molar-refractivity contribution in [2.75, 3.05) is 27.7 Å². The van der Waals surface area contributed by atoms with Gasteiger partial charge in [0.05, 0.1) is 17.3 Å². The Hall–Kier alpha value is -4.48. The van der Waals surface area contributed by atoms with Gasteiger partial charge in [0.1, 0.15) is 28.7 Å². The average Bonchev–Trinajstić information content (AvgIpc) is 3.35. The summed E-state index contributed by atoms with van der Waals surface area (Å²) in [5.74, 6) is -5.69. The molecule has 1 saturated carbocycles. The monoisotopic (exact) mass is 586 g/mol. The van der Waals surface area contributed by atoms with Crippen molar-refractivity contribution < 1.29 is 34.8 Å². The van der Waals surface area contributed by atoms with E-state index in [1.807, 2.05) is 31.3 Å². The number of carbonyl (C=O) groups is 3. The number of aliphatic hydroxyl groups is 3. The van der Waals surface area contributed by atoms with Gasteiger partial charge < -0.3 is 31.1 Å². The van der Waals surface area contributed by atoms with Crippen molar-refractivity contribution in [3.8, 4) is 16.9 Å². The molecule has 6 N–H and O–H groups in total. The number of primary amides is 1. The van der Waals surface area contributed by atoms with Crippen LogP contribution in [0.25, 0.3) is 16.9 Å². The molecule has 11 heteroatoms. The van der Waals surface area contributed by atoms with Gasteiger partial charge in [-0.3, -0.25) is 19.3 Å². The van der Waals surface area contributed by atoms with E-state index in [0.717, 1.165) is 42.0 Å². The standard InChI is InChI=1S/C32H34N4O7/c1-35(2)26-20-14-16-13-19-18(15-6-8-17(9-7-15)34-22-5-4-12-36(22)3)10-11-21(37)24(19)27(38)23(16)29(40)32(20,43)30(41)25(28(26)39)31(33)42/h6-11,16,20,26,37-38,41,43H,4-5,12-14H2,1-3H3,(H2,33,42)/t16-,20-,26-,32-/m0/s1. The second-order valence-electron chi connectivity index (χ2n) is 12.0. The number of likely N-dealkylation sites (N-methyl/N-ethyl adjacent to an activating group) is 1. The third-order valence-electron chi connectivity index (χ3n) is 9.38. The second kappa shape index (κ2) is 10.1. The molecule has 3 aliphatic carbocycles. The molecule has 6 rings (SSSR count).